The molecule has 0 unspecified atom stereocenters. The van der Waals surface area contributed by atoms with Gasteiger partial charge in [-0.2, -0.15) is 5.10 Å². The maximum absolute atomic E-state index is 5.65. The van der Waals surface area contributed by atoms with E-state index in [9.17, 15) is 0 Å². The molecule has 10 heteroatoms. The lowest BCUT2D eigenvalue weighted by atomic mass is 10.1. The van der Waals surface area contributed by atoms with Gasteiger partial charge < -0.3 is 18.7 Å². The largest absolute Gasteiger partial charge is 0.496 e. The highest BCUT2D eigenvalue weighted by Gasteiger charge is 2.17. The Labute approximate surface area is 195 Å². The van der Waals surface area contributed by atoms with E-state index in [0.717, 1.165) is 27.2 Å². The number of anilines is 1. The third kappa shape index (κ3) is 4.64. The van der Waals surface area contributed by atoms with E-state index < -0.39 is 0 Å². The van der Waals surface area contributed by atoms with E-state index in [1.165, 1.54) is 23.1 Å². The van der Waals surface area contributed by atoms with Crippen LogP contribution in [-0.2, 0) is 13.1 Å². The summed E-state index contributed by atoms with van der Waals surface area (Å²) < 4.78 is 21.9. The van der Waals surface area contributed by atoms with E-state index in [2.05, 4.69) is 39.7 Å². The first-order chi connectivity index (χ1) is 15.5. The standard InChI is InChI=1S/C22H24ClN5O3S/c1-13-5-17(29-3)20(6-14(13)2)32-27-22-21-18(30-4)7-15(8-19(21)31-26-22)11-28-12-16(9-24-23)10-25-28/h5-8,10,12,24H,9,11H2,1-4H3,(H,26,27). The monoisotopic (exact) mass is 473 g/mol. The van der Waals surface area contributed by atoms with Crippen molar-refractivity contribution in [2.75, 3.05) is 18.9 Å². The summed E-state index contributed by atoms with van der Waals surface area (Å²) in [5, 5.41) is 9.36. The van der Waals surface area contributed by atoms with E-state index in [4.69, 9.17) is 25.8 Å². The Hall–Kier alpha value is -2.88. The Morgan fingerprint density at radius 1 is 1.06 bits per heavy atom. The van der Waals surface area contributed by atoms with Gasteiger partial charge in [0.1, 0.15) is 16.9 Å². The molecule has 2 aromatic heterocycles. The molecule has 0 aliphatic heterocycles. The number of aryl methyl sites for hydroxylation is 2. The van der Waals surface area contributed by atoms with Gasteiger partial charge in [0.15, 0.2) is 11.4 Å². The first kappa shape index (κ1) is 22.3. The van der Waals surface area contributed by atoms with E-state index in [-0.39, 0.29) is 0 Å². The van der Waals surface area contributed by atoms with Gasteiger partial charge in [0, 0.05) is 18.3 Å². The van der Waals surface area contributed by atoms with E-state index >= 15 is 0 Å². The number of rotatable bonds is 9. The molecule has 0 saturated carbocycles. The molecule has 0 saturated heterocycles. The number of fused-ring (bicyclic) bond motifs is 1. The van der Waals surface area contributed by atoms with Crippen molar-refractivity contribution in [2.24, 2.45) is 0 Å². The van der Waals surface area contributed by atoms with Crippen molar-refractivity contribution >= 4 is 40.5 Å². The van der Waals surface area contributed by atoms with Crippen LogP contribution in [0.25, 0.3) is 11.0 Å². The summed E-state index contributed by atoms with van der Waals surface area (Å²) in [7, 11) is 3.30. The van der Waals surface area contributed by atoms with Crippen LogP contribution in [0.3, 0.4) is 0 Å². The zero-order valence-corrected chi connectivity index (χ0v) is 19.8. The number of nitrogens with one attached hydrogen (secondary N) is 2. The van der Waals surface area contributed by atoms with Crippen molar-refractivity contribution in [3.8, 4) is 11.5 Å². The van der Waals surface area contributed by atoms with Crippen molar-refractivity contribution in [2.45, 2.75) is 31.8 Å². The summed E-state index contributed by atoms with van der Waals surface area (Å²) in [5.41, 5.74) is 4.97. The average Bonchev–Trinajstić information content (AvgIpc) is 3.40. The molecule has 0 radical (unpaired) electrons. The molecule has 0 bridgehead atoms. The molecule has 2 aromatic carbocycles. The van der Waals surface area contributed by atoms with Gasteiger partial charge >= 0.3 is 0 Å². The number of benzene rings is 2. The van der Waals surface area contributed by atoms with Crippen LogP contribution in [0, 0.1) is 13.8 Å². The fourth-order valence-electron chi connectivity index (χ4n) is 3.37. The van der Waals surface area contributed by atoms with Crippen molar-refractivity contribution in [3.05, 3.63) is 58.9 Å². The third-order valence-corrected chi connectivity index (χ3v) is 6.13. The van der Waals surface area contributed by atoms with Gasteiger partial charge in [-0.05, 0) is 78.5 Å². The fraction of sp³-hybridized carbons (Fsp3) is 0.273. The Morgan fingerprint density at radius 2 is 1.84 bits per heavy atom. The maximum atomic E-state index is 5.65. The predicted molar refractivity (Wildman–Crippen MR) is 127 cm³/mol. The number of aromatic nitrogens is 3. The Balaban J connectivity index is 1.58. The Kier molecular flexibility index (Phi) is 6.78. The minimum absolute atomic E-state index is 0.546. The predicted octanol–water partition coefficient (Wildman–Crippen LogP) is 5.07. The van der Waals surface area contributed by atoms with E-state index in [1.54, 1.807) is 20.4 Å². The molecule has 4 aromatic rings. The molecule has 0 atom stereocenters. The van der Waals surface area contributed by atoms with Gasteiger partial charge in [0.2, 0.25) is 0 Å². The van der Waals surface area contributed by atoms with Gasteiger partial charge in [0.25, 0.3) is 0 Å². The zero-order chi connectivity index (χ0) is 22.7. The second-order valence-corrected chi connectivity index (χ2v) is 8.47. The molecule has 0 aliphatic rings. The molecule has 4 rings (SSSR count). The van der Waals surface area contributed by atoms with Crippen molar-refractivity contribution in [3.63, 3.8) is 0 Å². The minimum Gasteiger partial charge on any atom is -0.496 e. The number of nitrogens with zero attached hydrogens (tertiary/aromatic N) is 3. The lowest BCUT2D eigenvalue weighted by Crippen LogP contribution is -2.01. The normalized spacial score (nSPS) is 11.2. The molecule has 0 fully saturated rings. The SMILES string of the molecule is COc1cc(C)c(C)cc1SNc1noc2cc(Cn3cc(CNCl)cn3)cc(OC)c12. The topological polar surface area (TPSA) is 86.4 Å². The molecule has 0 aliphatic carbocycles. The van der Waals surface area contributed by atoms with Crippen LogP contribution >= 0.6 is 23.7 Å². The van der Waals surface area contributed by atoms with E-state index in [0.29, 0.717) is 30.2 Å². The summed E-state index contributed by atoms with van der Waals surface area (Å²) in [6.45, 7) is 5.24. The van der Waals surface area contributed by atoms with Gasteiger partial charge in [-0.3, -0.25) is 4.68 Å². The highest BCUT2D eigenvalue weighted by Crippen LogP contribution is 2.38. The minimum atomic E-state index is 0.546. The van der Waals surface area contributed by atoms with Crippen LogP contribution in [0.5, 0.6) is 11.5 Å². The van der Waals surface area contributed by atoms with Crippen molar-refractivity contribution in [1.82, 2.24) is 19.8 Å². The smallest absolute Gasteiger partial charge is 0.191 e. The van der Waals surface area contributed by atoms with Crippen LogP contribution in [0.4, 0.5) is 5.82 Å². The molecular formula is C22H24ClN5O3S. The summed E-state index contributed by atoms with van der Waals surface area (Å²) in [6.07, 6.45) is 3.72. The number of hydrogen-bond donors (Lipinski definition) is 2. The molecule has 32 heavy (non-hydrogen) atoms. The molecular weight excluding hydrogens is 450 g/mol. The van der Waals surface area contributed by atoms with Crippen LogP contribution in [0.1, 0.15) is 22.3 Å². The molecule has 0 amide bonds. The Morgan fingerprint density at radius 3 is 2.59 bits per heavy atom. The fourth-order valence-corrected chi connectivity index (χ4v) is 4.34. The Bertz CT molecular complexity index is 1240. The molecule has 8 nitrogen and oxygen atoms in total. The lowest BCUT2D eigenvalue weighted by Gasteiger charge is -2.12. The van der Waals surface area contributed by atoms with Gasteiger partial charge in [-0.1, -0.05) is 5.16 Å². The van der Waals surface area contributed by atoms with Crippen LogP contribution in [-0.4, -0.2) is 29.2 Å². The molecule has 0 spiro atoms. The quantitative estimate of drug-likeness (QED) is 0.257. The van der Waals surface area contributed by atoms with Crippen LogP contribution in [0.15, 0.2) is 46.1 Å². The van der Waals surface area contributed by atoms with Crippen LogP contribution < -0.4 is 19.0 Å². The molecule has 168 valence electrons. The third-order valence-electron chi connectivity index (χ3n) is 5.16. The second kappa shape index (κ2) is 9.72. The summed E-state index contributed by atoms with van der Waals surface area (Å²) >= 11 is 6.99. The highest BCUT2D eigenvalue weighted by molar-refractivity contribution is 8.00. The summed E-state index contributed by atoms with van der Waals surface area (Å²) in [4.78, 5) is 3.56. The lowest BCUT2D eigenvalue weighted by molar-refractivity contribution is 0.404. The summed E-state index contributed by atoms with van der Waals surface area (Å²) in [6, 6.07) is 8.02. The van der Waals surface area contributed by atoms with Crippen LogP contribution in [0.2, 0.25) is 0 Å². The molecule has 2 heterocycles. The molecule has 2 N–H and O–H groups in total. The van der Waals surface area contributed by atoms with Crippen molar-refractivity contribution in [1.29, 1.82) is 0 Å². The van der Waals surface area contributed by atoms with E-state index in [1.807, 2.05) is 29.1 Å². The number of methoxy groups -OCH3 is 2. The maximum Gasteiger partial charge on any atom is 0.191 e. The van der Waals surface area contributed by atoms with Crippen molar-refractivity contribution < 1.29 is 14.0 Å². The number of halogens is 1. The summed E-state index contributed by atoms with van der Waals surface area (Å²) in [5.74, 6) is 2.06. The number of hydrogen-bond acceptors (Lipinski definition) is 8. The zero-order valence-electron chi connectivity index (χ0n) is 18.2. The first-order valence-corrected chi connectivity index (χ1v) is 11.1. The highest BCUT2D eigenvalue weighted by atomic mass is 35.5. The number of ether oxygens (including phenoxy) is 2. The van der Waals surface area contributed by atoms with Gasteiger partial charge in [0.05, 0.1) is 31.9 Å². The first-order valence-electron chi connectivity index (χ1n) is 9.91. The van der Waals surface area contributed by atoms with Gasteiger partial charge in [-0.25, -0.2) is 4.84 Å². The second-order valence-electron chi connectivity index (χ2n) is 7.35. The average molecular weight is 474 g/mol. The van der Waals surface area contributed by atoms with Gasteiger partial charge in [-0.15, -0.1) is 0 Å².